The van der Waals surface area contributed by atoms with Crippen LogP contribution in [-0.2, 0) is 4.74 Å². The van der Waals surface area contributed by atoms with Gasteiger partial charge in [-0.2, -0.15) is 0 Å². The summed E-state index contributed by atoms with van der Waals surface area (Å²) in [4.78, 5) is 2.58. The molecule has 0 radical (unpaired) electrons. The van der Waals surface area contributed by atoms with Gasteiger partial charge in [-0.05, 0) is 51.6 Å². The molecular weight excluding hydrogens is 228 g/mol. The molecule has 2 aliphatic rings. The molecule has 106 valence electrons. The van der Waals surface area contributed by atoms with Gasteiger partial charge < -0.3 is 15.2 Å². The molecule has 1 unspecified atom stereocenters. The average Bonchev–Trinajstić information content (AvgIpc) is 2.34. The van der Waals surface area contributed by atoms with Gasteiger partial charge in [-0.25, -0.2) is 0 Å². The minimum atomic E-state index is -0.0692. The van der Waals surface area contributed by atoms with Crippen molar-refractivity contribution in [3.8, 4) is 0 Å². The number of hydrogen-bond acceptors (Lipinski definition) is 4. The molecule has 0 spiro atoms. The third-order valence-electron chi connectivity index (χ3n) is 4.46. The molecule has 4 nitrogen and oxygen atoms in total. The van der Waals surface area contributed by atoms with E-state index < -0.39 is 0 Å². The van der Waals surface area contributed by atoms with E-state index in [1.165, 1.54) is 19.4 Å². The lowest BCUT2D eigenvalue weighted by molar-refractivity contribution is -0.0364. The lowest BCUT2D eigenvalue weighted by Gasteiger charge is -2.45. The first kappa shape index (κ1) is 14.3. The molecule has 1 atom stereocenters. The molecule has 1 heterocycles. The fraction of sp³-hybridized carbons (Fsp3) is 1.00. The third kappa shape index (κ3) is 3.67. The van der Waals surface area contributed by atoms with E-state index in [9.17, 15) is 5.11 Å². The maximum atomic E-state index is 9.52. The zero-order valence-electron chi connectivity index (χ0n) is 11.8. The van der Waals surface area contributed by atoms with Gasteiger partial charge in [0.1, 0.15) is 0 Å². The molecule has 0 aromatic rings. The van der Waals surface area contributed by atoms with E-state index in [0.29, 0.717) is 12.1 Å². The van der Waals surface area contributed by atoms with Crippen molar-refractivity contribution in [3.63, 3.8) is 0 Å². The Morgan fingerprint density at radius 2 is 2.00 bits per heavy atom. The standard InChI is InChI=1S/C14H28N2O2/c1-11(10-18-2)16(13-7-14(17)8-13)9-12-3-5-15-6-4-12/h11-15,17H,3-10H2,1-2H3. The SMILES string of the molecule is COCC(C)N(CC1CCNCC1)C1CC(O)C1. The summed E-state index contributed by atoms with van der Waals surface area (Å²) in [7, 11) is 1.77. The molecule has 0 bridgehead atoms. The Bertz CT molecular complexity index is 233. The van der Waals surface area contributed by atoms with Gasteiger partial charge >= 0.3 is 0 Å². The lowest BCUT2D eigenvalue weighted by Crippen LogP contribution is -2.54. The van der Waals surface area contributed by atoms with Crippen LogP contribution < -0.4 is 5.32 Å². The number of aliphatic hydroxyl groups excluding tert-OH is 1. The minimum absolute atomic E-state index is 0.0692. The number of aliphatic hydroxyl groups is 1. The Kier molecular flexibility index (Phi) is 5.42. The fourth-order valence-corrected chi connectivity index (χ4v) is 3.22. The van der Waals surface area contributed by atoms with Crippen molar-refractivity contribution in [2.24, 2.45) is 5.92 Å². The van der Waals surface area contributed by atoms with Gasteiger partial charge in [-0.3, -0.25) is 4.90 Å². The molecule has 1 aliphatic heterocycles. The Morgan fingerprint density at radius 1 is 1.33 bits per heavy atom. The van der Waals surface area contributed by atoms with Gasteiger partial charge in [-0.1, -0.05) is 0 Å². The van der Waals surface area contributed by atoms with Crippen LogP contribution in [0.5, 0.6) is 0 Å². The molecule has 2 N–H and O–H groups in total. The van der Waals surface area contributed by atoms with Crippen LogP contribution in [0.1, 0.15) is 32.6 Å². The first-order valence-corrected chi connectivity index (χ1v) is 7.34. The Hall–Kier alpha value is -0.160. The van der Waals surface area contributed by atoms with Gasteiger partial charge in [0.25, 0.3) is 0 Å². The first-order valence-electron chi connectivity index (χ1n) is 7.34. The van der Waals surface area contributed by atoms with Crippen LogP contribution in [0.15, 0.2) is 0 Å². The molecule has 1 saturated heterocycles. The summed E-state index contributed by atoms with van der Waals surface area (Å²) < 4.78 is 5.30. The van der Waals surface area contributed by atoms with Crippen LogP contribution >= 0.6 is 0 Å². The van der Waals surface area contributed by atoms with Crippen LogP contribution in [0.2, 0.25) is 0 Å². The summed E-state index contributed by atoms with van der Waals surface area (Å²) in [6, 6.07) is 1.03. The normalized spacial score (nSPS) is 31.3. The fourth-order valence-electron chi connectivity index (χ4n) is 3.22. The zero-order valence-corrected chi connectivity index (χ0v) is 11.8. The average molecular weight is 256 g/mol. The number of methoxy groups -OCH3 is 1. The van der Waals surface area contributed by atoms with Gasteiger partial charge in [-0.15, -0.1) is 0 Å². The van der Waals surface area contributed by atoms with E-state index >= 15 is 0 Å². The number of hydrogen-bond donors (Lipinski definition) is 2. The van der Waals surface area contributed by atoms with Crippen molar-refractivity contribution in [3.05, 3.63) is 0 Å². The largest absolute Gasteiger partial charge is 0.393 e. The van der Waals surface area contributed by atoms with Gasteiger partial charge in [0.2, 0.25) is 0 Å². The van der Waals surface area contributed by atoms with Crippen molar-refractivity contribution < 1.29 is 9.84 Å². The van der Waals surface area contributed by atoms with E-state index in [1.54, 1.807) is 7.11 Å². The molecule has 0 amide bonds. The van der Waals surface area contributed by atoms with Crippen molar-refractivity contribution in [1.29, 1.82) is 0 Å². The second-order valence-electron chi connectivity index (χ2n) is 5.97. The summed E-state index contributed by atoms with van der Waals surface area (Å²) in [6.07, 6.45) is 4.38. The molecule has 2 fully saturated rings. The topological polar surface area (TPSA) is 44.7 Å². The summed E-state index contributed by atoms with van der Waals surface area (Å²) in [5.41, 5.74) is 0. The van der Waals surface area contributed by atoms with Crippen LogP contribution in [0.4, 0.5) is 0 Å². The minimum Gasteiger partial charge on any atom is -0.393 e. The maximum Gasteiger partial charge on any atom is 0.0615 e. The van der Waals surface area contributed by atoms with E-state index in [-0.39, 0.29) is 6.10 Å². The van der Waals surface area contributed by atoms with Crippen molar-refractivity contribution in [1.82, 2.24) is 10.2 Å². The van der Waals surface area contributed by atoms with Crippen LogP contribution in [-0.4, -0.2) is 61.5 Å². The number of ether oxygens (including phenoxy) is 1. The van der Waals surface area contributed by atoms with Crippen LogP contribution in [0, 0.1) is 5.92 Å². The van der Waals surface area contributed by atoms with E-state index in [2.05, 4.69) is 17.1 Å². The predicted molar refractivity (Wildman–Crippen MR) is 72.7 cm³/mol. The second-order valence-corrected chi connectivity index (χ2v) is 5.97. The lowest BCUT2D eigenvalue weighted by atomic mass is 9.85. The highest BCUT2D eigenvalue weighted by Gasteiger charge is 2.35. The Balaban J connectivity index is 1.86. The number of piperidine rings is 1. The Labute approximate surface area is 111 Å². The monoisotopic (exact) mass is 256 g/mol. The molecular formula is C14H28N2O2. The van der Waals surface area contributed by atoms with Gasteiger partial charge in [0.15, 0.2) is 0 Å². The third-order valence-corrected chi connectivity index (χ3v) is 4.46. The van der Waals surface area contributed by atoms with E-state index in [0.717, 1.165) is 38.5 Å². The molecule has 0 aromatic carbocycles. The number of nitrogens with zero attached hydrogens (tertiary/aromatic N) is 1. The van der Waals surface area contributed by atoms with Crippen LogP contribution in [0.3, 0.4) is 0 Å². The van der Waals surface area contributed by atoms with Crippen LogP contribution in [0.25, 0.3) is 0 Å². The van der Waals surface area contributed by atoms with Crippen molar-refractivity contribution in [2.45, 2.75) is 50.8 Å². The Morgan fingerprint density at radius 3 is 2.56 bits per heavy atom. The highest BCUT2D eigenvalue weighted by Crippen LogP contribution is 2.29. The van der Waals surface area contributed by atoms with E-state index in [4.69, 9.17) is 4.74 Å². The second kappa shape index (κ2) is 6.85. The summed E-state index contributed by atoms with van der Waals surface area (Å²) in [5.74, 6) is 0.809. The predicted octanol–water partition coefficient (Wildman–Crippen LogP) is 0.846. The maximum absolute atomic E-state index is 9.52. The quantitative estimate of drug-likeness (QED) is 0.739. The summed E-state index contributed by atoms with van der Waals surface area (Å²) in [6.45, 7) is 6.52. The number of nitrogens with one attached hydrogen (secondary N) is 1. The molecule has 4 heteroatoms. The number of rotatable bonds is 6. The molecule has 1 aliphatic carbocycles. The molecule has 1 saturated carbocycles. The highest BCUT2D eigenvalue weighted by molar-refractivity contribution is 4.90. The summed E-state index contributed by atoms with van der Waals surface area (Å²) >= 11 is 0. The smallest absolute Gasteiger partial charge is 0.0615 e. The van der Waals surface area contributed by atoms with Gasteiger partial charge in [0, 0.05) is 25.7 Å². The molecule has 0 aromatic heterocycles. The van der Waals surface area contributed by atoms with E-state index in [1.807, 2.05) is 0 Å². The zero-order chi connectivity index (χ0) is 13.0. The molecule has 18 heavy (non-hydrogen) atoms. The highest BCUT2D eigenvalue weighted by atomic mass is 16.5. The summed E-state index contributed by atoms with van der Waals surface area (Å²) in [5, 5.41) is 12.9. The first-order chi connectivity index (χ1) is 8.70. The van der Waals surface area contributed by atoms with Crippen molar-refractivity contribution in [2.75, 3.05) is 33.4 Å². The van der Waals surface area contributed by atoms with Gasteiger partial charge in [0.05, 0.1) is 12.7 Å². The van der Waals surface area contributed by atoms with Crippen molar-refractivity contribution >= 4 is 0 Å². The molecule has 2 rings (SSSR count).